The Labute approximate surface area is 116 Å². The van der Waals surface area contributed by atoms with Gasteiger partial charge in [0, 0.05) is 4.70 Å². The van der Waals surface area contributed by atoms with Gasteiger partial charge in [0.25, 0.3) is 0 Å². The number of hydrogen-bond donors (Lipinski definition) is 2. The van der Waals surface area contributed by atoms with Crippen LogP contribution in [-0.4, -0.2) is 19.9 Å². The summed E-state index contributed by atoms with van der Waals surface area (Å²) in [5, 5.41) is 3.23. The molecule has 1 aliphatic rings. The number of nitrogens with two attached hydrogens (primary N) is 1. The molecule has 0 radical (unpaired) electrons. The van der Waals surface area contributed by atoms with E-state index in [1.54, 1.807) is 11.3 Å². The highest BCUT2D eigenvalue weighted by atomic mass is 32.2. The lowest BCUT2D eigenvalue weighted by Crippen LogP contribution is -2.34. The normalized spacial score (nSPS) is 23.7. The average Bonchev–Trinajstić information content (AvgIpc) is 2.97. The fourth-order valence-corrected chi connectivity index (χ4v) is 5.62. The molecule has 1 aromatic carbocycles. The van der Waals surface area contributed by atoms with Crippen LogP contribution in [0.15, 0.2) is 29.6 Å². The lowest BCUT2D eigenvalue weighted by atomic mass is 9.92. The maximum Gasteiger partial charge on any atom is 0.150 e. The van der Waals surface area contributed by atoms with Crippen molar-refractivity contribution in [1.29, 1.82) is 0 Å². The standard InChI is InChI=1S/C13H16N2O2S2/c14-15-12(10-5-7-19(16,17)8-10)11-3-1-2-9-4-6-18-13(9)11/h1-4,6,10,12,15H,5,7-8,14H2. The lowest BCUT2D eigenvalue weighted by Gasteiger charge is -2.22. The minimum absolute atomic E-state index is 0.0581. The summed E-state index contributed by atoms with van der Waals surface area (Å²) in [5.74, 6) is 6.25. The monoisotopic (exact) mass is 296 g/mol. The zero-order chi connectivity index (χ0) is 13.5. The summed E-state index contributed by atoms with van der Waals surface area (Å²) < 4.78 is 24.5. The van der Waals surface area contributed by atoms with Gasteiger partial charge >= 0.3 is 0 Å². The molecule has 1 aromatic heterocycles. The van der Waals surface area contributed by atoms with E-state index in [9.17, 15) is 8.42 Å². The molecule has 102 valence electrons. The molecule has 2 aromatic rings. The predicted molar refractivity (Wildman–Crippen MR) is 78.6 cm³/mol. The van der Waals surface area contributed by atoms with E-state index in [1.807, 2.05) is 17.5 Å². The Morgan fingerprint density at radius 1 is 1.37 bits per heavy atom. The first-order chi connectivity index (χ1) is 9.11. The van der Waals surface area contributed by atoms with Gasteiger partial charge in [-0.3, -0.25) is 11.3 Å². The summed E-state index contributed by atoms with van der Waals surface area (Å²) in [6.45, 7) is 0. The van der Waals surface area contributed by atoms with Crippen LogP contribution < -0.4 is 11.3 Å². The number of rotatable bonds is 3. The van der Waals surface area contributed by atoms with E-state index in [0.29, 0.717) is 6.42 Å². The maximum atomic E-state index is 11.6. The number of thiophene rings is 1. The van der Waals surface area contributed by atoms with Gasteiger partial charge in [-0.2, -0.15) is 0 Å². The quantitative estimate of drug-likeness (QED) is 0.669. The zero-order valence-electron chi connectivity index (χ0n) is 10.4. The van der Waals surface area contributed by atoms with Crippen LogP contribution in [0.25, 0.3) is 10.1 Å². The van der Waals surface area contributed by atoms with E-state index >= 15 is 0 Å². The van der Waals surface area contributed by atoms with Crippen LogP contribution in [-0.2, 0) is 9.84 Å². The molecule has 2 unspecified atom stereocenters. The van der Waals surface area contributed by atoms with Crippen molar-refractivity contribution in [2.75, 3.05) is 11.5 Å². The van der Waals surface area contributed by atoms with E-state index in [1.165, 1.54) is 10.1 Å². The predicted octanol–water partition coefficient (Wildman–Crippen LogP) is 1.84. The average molecular weight is 296 g/mol. The summed E-state index contributed by atoms with van der Waals surface area (Å²) in [5.41, 5.74) is 3.93. The van der Waals surface area contributed by atoms with Crippen molar-refractivity contribution in [2.24, 2.45) is 11.8 Å². The highest BCUT2D eigenvalue weighted by Gasteiger charge is 2.34. The Balaban J connectivity index is 2.01. The second-order valence-corrected chi connectivity index (χ2v) is 8.14. The smallest absolute Gasteiger partial charge is 0.150 e. The van der Waals surface area contributed by atoms with E-state index in [4.69, 9.17) is 5.84 Å². The number of nitrogens with one attached hydrogen (secondary N) is 1. The molecular formula is C13H16N2O2S2. The van der Waals surface area contributed by atoms with E-state index in [2.05, 4.69) is 17.6 Å². The van der Waals surface area contributed by atoms with E-state index in [-0.39, 0.29) is 23.5 Å². The minimum Gasteiger partial charge on any atom is -0.271 e. The summed E-state index contributed by atoms with van der Waals surface area (Å²) in [4.78, 5) is 0. The summed E-state index contributed by atoms with van der Waals surface area (Å²) >= 11 is 1.67. The number of benzene rings is 1. The molecule has 3 N–H and O–H groups in total. The molecule has 0 spiro atoms. The Kier molecular flexibility index (Phi) is 3.34. The van der Waals surface area contributed by atoms with Crippen LogP contribution in [0.5, 0.6) is 0 Å². The molecule has 2 atom stereocenters. The van der Waals surface area contributed by atoms with E-state index in [0.717, 1.165) is 5.56 Å². The van der Waals surface area contributed by atoms with Gasteiger partial charge in [-0.05, 0) is 34.7 Å². The molecule has 6 heteroatoms. The topological polar surface area (TPSA) is 72.2 Å². The molecule has 4 nitrogen and oxygen atoms in total. The first-order valence-corrected chi connectivity index (χ1v) is 8.93. The van der Waals surface area contributed by atoms with Crippen LogP contribution in [0.4, 0.5) is 0 Å². The van der Waals surface area contributed by atoms with Crippen LogP contribution in [0.1, 0.15) is 18.0 Å². The Morgan fingerprint density at radius 2 is 2.21 bits per heavy atom. The number of hydrogen-bond acceptors (Lipinski definition) is 5. The molecule has 1 saturated heterocycles. The van der Waals surface area contributed by atoms with Crippen molar-refractivity contribution in [2.45, 2.75) is 12.5 Å². The molecule has 3 rings (SSSR count). The second kappa shape index (κ2) is 4.86. The van der Waals surface area contributed by atoms with Crippen molar-refractivity contribution >= 4 is 31.3 Å². The van der Waals surface area contributed by atoms with Gasteiger partial charge < -0.3 is 0 Å². The second-order valence-electron chi connectivity index (χ2n) is 4.99. The third-order valence-electron chi connectivity index (χ3n) is 3.76. The number of sulfone groups is 1. The Morgan fingerprint density at radius 3 is 2.89 bits per heavy atom. The molecule has 0 saturated carbocycles. The fraction of sp³-hybridized carbons (Fsp3) is 0.385. The number of fused-ring (bicyclic) bond motifs is 1. The third kappa shape index (κ3) is 2.41. The molecule has 2 heterocycles. The number of hydrazine groups is 1. The van der Waals surface area contributed by atoms with Crippen molar-refractivity contribution < 1.29 is 8.42 Å². The summed E-state index contributed by atoms with van der Waals surface area (Å²) in [6.07, 6.45) is 0.680. The van der Waals surface area contributed by atoms with E-state index < -0.39 is 9.84 Å². The van der Waals surface area contributed by atoms with Gasteiger partial charge in [0.15, 0.2) is 9.84 Å². The minimum atomic E-state index is -2.89. The Bertz CT molecular complexity index is 693. The Hall–Kier alpha value is -0.950. The van der Waals surface area contributed by atoms with Gasteiger partial charge in [0.1, 0.15) is 0 Å². The highest BCUT2D eigenvalue weighted by Crippen LogP contribution is 2.36. The summed E-state index contributed by atoms with van der Waals surface area (Å²) in [7, 11) is -2.89. The maximum absolute atomic E-state index is 11.6. The van der Waals surface area contributed by atoms with Crippen molar-refractivity contribution in [3.63, 3.8) is 0 Å². The zero-order valence-corrected chi connectivity index (χ0v) is 12.0. The summed E-state index contributed by atoms with van der Waals surface area (Å²) in [6, 6.07) is 8.07. The largest absolute Gasteiger partial charge is 0.271 e. The van der Waals surface area contributed by atoms with Crippen LogP contribution in [0.3, 0.4) is 0 Å². The molecule has 1 fully saturated rings. The first kappa shape index (κ1) is 13.1. The fourth-order valence-electron chi connectivity index (χ4n) is 2.83. The molecule has 0 aliphatic carbocycles. The SMILES string of the molecule is NNC(c1cccc2ccsc12)C1CCS(=O)(=O)C1. The highest BCUT2D eigenvalue weighted by molar-refractivity contribution is 7.91. The van der Waals surface area contributed by atoms with Gasteiger partial charge in [0.05, 0.1) is 17.5 Å². The van der Waals surface area contributed by atoms with Crippen molar-refractivity contribution in [3.05, 3.63) is 35.2 Å². The van der Waals surface area contributed by atoms with Crippen molar-refractivity contribution in [3.8, 4) is 0 Å². The first-order valence-electron chi connectivity index (χ1n) is 6.23. The molecule has 0 amide bonds. The molecule has 0 bridgehead atoms. The van der Waals surface area contributed by atoms with Crippen LogP contribution >= 0.6 is 11.3 Å². The van der Waals surface area contributed by atoms with Gasteiger partial charge in [-0.25, -0.2) is 8.42 Å². The molecule has 19 heavy (non-hydrogen) atoms. The van der Waals surface area contributed by atoms with Crippen LogP contribution in [0, 0.1) is 5.92 Å². The molecular weight excluding hydrogens is 280 g/mol. The van der Waals surface area contributed by atoms with Gasteiger partial charge in [-0.15, -0.1) is 11.3 Å². The lowest BCUT2D eigenvalue weighted by molar-refractivity contribution is 0.402. The van der Waals surface area contributed by atoms with Gasteiger partial charge in [-0.1, -0.05) is 18.2 Å². The van der Waals surface area contributed by atoms with Gasteiger partial charge in [0.2, 0.25) is 0 Å². The van der Waals surface area contributed by atoms with Crippen LogP contribution in [0.2, 0.25) is 0 Å². The third-order valence-corrected chi connectivity index (χ3v) is 6.54. The molecule has 1 aliphatic heterocycles. The van der Waals surface area contributed by atoms with Crippen molar-refractivity contribution in [1.82, 2.24) is 5.43 Å².